The number of nitrogens with zero attached hydrogens (tertiary/aromatic N) is 2. The fourth-order valence-electron chi connectivity index (χ4n) is 4.17. The minimum Gasteiger partial charge on any atom is -0.355 e. The third-order valence-corrected chi connectivity index (χ3v) is 7.72. The Morgan fingerprint density at radius 3 is 2.21 bits per heavy atom. The van der Waals surface area contributed by atoms with Crippen molar-refractivity contribution in [1.82, 2.24) is 10.2 Å². The predicted molar refractivity (Wildman–Crippen MR) is 156 cm³/mol. The lowest BCUT2D eigenvalue weighted by Crippen LogP contribution is -2.53. The highest BCUT2D eigenvalue weighted by Gasteiger charge is 2.33. The van der Waals surface area contributed by atoms with E-state index in [1.54, 1.807) is 19.1 Å². The van der Waals surface area contributed by atoms with E-state index in [1.807, 2.05) is 54.6 Å². The second kappa shape index (κ2) is 13.5. The van der Waals surface area contributed by atoms with Crippen molar-refractivity contribution in [3.8, 4) is 0 Å². The normalized spacial score (nSPS) is 11.9. The molecular weight excluding hydrogens is 582 g/mol. The fraction of sp³-hybridized carbons (Fsp3) is 0.276. The summed E-state index contributed by atoms with van der Waals surface area (Å²) in [6.45, 7) is 3.09. The van der Waals surface area contributed by atoms with E-state index in [1.165, 1.54) is 24.0 Å². The van der Waals surface area contributed by atoms with Crippen molar-refractivity contribution in [2.75, 3.05) is 23.7 Å². The van der Waals surface area contributed by atoms with Gasteiger partial charge in [-0.2, -0.15) is 0 Å². The highest BCUT2D eigenvalue weighted by molar-refractivity contribution is 9.10. The van der Waals surface area contributed by atoms with Gasteiger partial charge in [-0.1, -0.05) is 70.5 Å². The van der Waals surface area contributed by atoms with E-state index in [2.05, 4.69) is 21.2 Å². The van der Waals surface area contributed by atoms with Crippen LogP contribution in [-0.4, -0.2) is 56.3 Å². The summed E-state index contributed by atoms with van der Waals surface area (Å²) in [4.78, 5) is 40.7. The zero-order valence-corrected chi connectivity index (χ0v) is 24.5. The largest absolute Gasteiger partial charge is 0.355 e. The summed E-state index contributed by atoms with van der Waals surface area (Å²) < 4.78 is 27.5. The molecular formula is C29H32BrN3O5S. The van der Waals surface area contributed by atoms with Crippen molar-refractivity contribution in [2.24, 2.45) is 0 Å². The summed E-state index contributed by atoms with van der Waals surface area (Å²) >= 11 is 3.45. The molecule has 10 heteroatoms. The predicted octanol–water partition coefficient (Wildman–Crippen LogP) is 4.19. The minimum absolute atomic E-state index is 0.0813. The zero-order chi connectivity index (χ0) is 28.6. The molecule has 1 N–H and O–H groups in total. The van der Waals surface area contributed by atoms with E-state index in [0.29, 0.717) is 12.1 Å². The maximum atomic E-state index is 14.0. The molecule has 0 bridgehead atoms. The molecule has 0 aromatic heterocycles. The molecule has 0 heterocycles. The second-order valence-corrected chi connectivity index (χ2v) is 12.0. The molecule has 1 atom stereocenters. The molecule has 206 valence electrons. The first kappa shape index (κ1) is 30.0. The molecule has 0 unspecified atom stereocenters. The van der Waals surface area contributed by atoms with E-state index in [-0.39, 0.29) is 30.3 Å². The highest BCUT2D eigenvalue weighted by Crippen LogP contribution is 2.22. The Labute approximate surface area is 238 Å². The number of hydrogen-bond acceptors (Lipinski definition) is 5. The van der Waals surface area contributed by atoms with Crippen LogP contribution in [0.3, 0.4) is 0 Å². The standard InChI is InChI=1S/C29H32BrN3O5S/c1-4-31-29(36)27(17-22-10-6-5-7-11-22)32(19-23-12-8-14-25(30)16-23)28(35)20-33(39(3,37)38)26-15-9-13-24(18-26)21(2)34/h5-16,18,27H,4,17,19-20H2,1-3H3,(H,31,36)/t27-/m0/s1. The molecule has 0 fully saturated rings. The zero-order valence-electron chi connectivity index (χ0n) is 22.1. The van der Waals surface area contributed by atoms with E-state index >= 15 is 0 Å². The first-order valence-corrected chi connectivity index (χ1v) is 15.1. The van der Waals surface area contributed by atoms with Gasteiger partial charge in [-0.05, 0) is 49.2 Å². The quantitative estimate of drug-likeness (QED) is 0.308. The van der Waals surface area contributed by atoms with Gasteiger partial charge in [0.1, 0.15) is 12.6 Å². The van der Waals surface area contributed by atoms with Crippen LogP contribution in [0.25, 0.3) is 0 Å². The lowest BCUT2D eigenvalue weighted by atomic mass is 10.0. The SMILES string of the molecule is CCNC(=O)[C@H](Cc1ccccc1)N(Cc1cccc(Br)c1)C(=O)CN(c1cccc(C(C)=O)c1)S(C)(=O)=O. The molecule has 8 nitrogen and oxygen atoms in total. The smallest absolute Gasteiger partial charge is 0.244 e. The number of likely N-dealkylation sites (N-methyl/N-ethyl adjacent to an activating group) is 1. The van der Waals surface area contributed by atoms with Crippen LogP contribution in [0.4, 0.5) is 5.69 Å². The van der Waals surface area contributed by atoms with Gasteiger partial charge in [0.05, 0.1) is 11.9 Å². The Kier molecular flexibility index (Phi) is 10.4. The van der Waals surface area contributed by atoms with Crippen LogP contribution < -0.4 is 9.62 Å². The van der Waals surface area contributed by atoms with Crippen molar-refractivity contribution in [3.63, 3.8) is 0 Å². The number of nitrogens with one attached hydrogen (secondary N) is 1. The maximum Gasteiger partial charge on any atom is 0.244 e. The molecule has 0 radical (unpaired) electrons. The summed E-state index contributed by atoms with van der Waals surface area (Å²) in [5.74, 6) is -1.12. The molecule has 0 saturated carbocycles. The summed E-state index contributed by atoms with van der Waals surface area (Å²) in [5, 5.41) is 2.82. The fourth-order valence-corrected chi connectivity index (χ4v) is 5.46. The van der Waals surface area contributed by atoms with Gasteiger partial charge < -0.3 is 10.2 Å². The number of amides is 2. The third-order valence-electron chi connectivity index (χ3n) is 6.08. The van der Waals surface area contributed by atoms with E-state index in [9.17, 15) is 22.8 Å². The number of sulfonamides is 1. The average Bonchev–Trinajstić information content (AvgIpc) is 2.89. The van der Waals surface area contributed by atoms with Gasteiger partial charge in [0.25, 0.3) is 0 Å². The maximum absolute atomic E-state index is 14.0. The number of halogens is 1. The molecule has 0 aliphatic rings. The summed E-state index contributed by atoms with van der Waals surface area (Å²) in [7, 11) is -3.92. The van der Waals surface area contributed by atoms with E-state index in [0.717, 1.165) is 26.2 Å². The third kappa shape index (κ3) is 8.49. The summed E-state index contributed by atoms with van der Waals surface area (Å²) in [5.41, 5.74) is 2.14. The Morgan fingerprint density at radius 1 is 0.923 bits per heavy atom. The van der Waals surface area contributed by atoms with Crippen LogP contribution in [0.2, 0.25) is 0 Å². The molecule has 0 spiro atoms. The molecule has 3 aromatic rings. The second-order valence-electron chi connectivity index (χ2n) is 9.13. The molecule has 0 aliphatic carbocycles. The topological polar surface area (TPSA) is 104 Å². The van der Waals surface area contributed by atoms with Gasteiger partial charge in [-0.25, -0.2) is 8.42 Å². The first-order chi connectivity index (χ1) is 18.5. The summed E-state index contributed by atoms with van der Waals surface area (Å²) in [6, 6.07) is 22.0. The molecule has 0 saturated heterocycles. The number of ketones is 1. The average molecular weight is 615 g/mol. The number of benzene rings is 3. The van der Waals surface area contributed by atoms with Crippen LogP contribution in [0.5, 0.6) is 0 Å². The van der Waals surface area contributed by atoms with Gasteiger partial charge in [0.2, 0.25) is 21.8 Å². The first-order valence-electron chi connectivity index (χ1n) is 12.4. The molecule has 3 aromatic carbocycles. The highest BCUT2D eigenvalue weighted by atomic mass is 79.9. The van der Waals surface area contributed by atoms with Crippen molar-refractivity contribution in [1.29, 1.82) is 0 Å². The van der Waals surface area contributed by atoms with Crippen LogP contribution in [0.15, 0.2) is 83.3 Å². The minimum atomic E-state index is -3.92. The van der Waals surface area contributed by atoms with Gasteiger partial charge in [0.15, 0.2) is 5.78 Å². The number of Topliss-reactive ketones (excluding diaryl/α,β-unsaturated/α-hetero) is 1. The van der Waals surface area contributed by atoms with Crippen molar-refractivity contribution in [3.05, 3.63) is 100 Å². The lowest BCUT2D eigenvalue weighted by molar-refractivity contribution is -0.140. The Bertz CT molecular complexity index is 1430. The molecule has 39 heavy (non-hydrogen) atoms. The van der Waals surface area contributed by atoms with Crippen molar-refractivity contribution in [2.45, 2.75) is 32.9 Å². The van der Waals surface area contributed by atoms with Crippen LogP contribution in [-0.2, 0) is 32.6 Å². The van der Waals surface area contributed by atoms with Crippen LogP contribution >= 0.6 is 15.9 Å². The number of hydrogen-bond donors (Lipinski definition) is 1. The monoisotopic (exact) mass is 613 g/mol. The number of carbonyl (C=O) groups is 3. The summed E-state index contributed by atoms with van der Waals surface area (Å²) in [6.07, 6.45) is 1.25. The molecule has 3 rings (SSSR count). The van der Waals surface area contributed by atoms with Gasteiger partial charge in [-0.3, -0.25) is 18.7 Å². The van der Waals surface area contributed by atoms with Crippen LogP contribution in [0.1, 0.15) is 35.3 Å². The van der Waals surface area contributed by atoms with E-state index in [4.69, 9.17) is 0 Å². The number of rotatable bonds is 12. The molecule has 0 aliphatic heterocycles. The van der Waals surface area contributed by atoms with E-state index < -0.39 is 28.5 Å². The van der Waals surface area contributed by atoms with Crippen molar-refractivity contribution < 1.29 is 22.8 Å². The van der Waals surface area contributed by atoms with Gasteiger partial charge in [-0.15, -0.1) is 0 Å². The van der Waals surface area contributed by atoms with Crippen molar-refractivity contribution >= 4 is 49.2 Å². The Morgan fingerprint density at radius 2 is 1.59 bits per heavy atom. The van der Waals surface area contributed by atoms with Crippen LogP contribution in [0, 0.1) is 0 Å². The molecule has 2 amide bonds. The Hall–Kier alpha value is -3.50. The number of anilines is 1. The Balaban J connectivity index is 2.06. The van der Waals surface area contributed by atoms with Gasteiger partial charge >= 0.3 is 0 Å². The number of carbonyl (C=O) groups excluding carboxylic acids is 3. The van der Waals surface area contributed by atoms with Gasteiger partial charge in [0, 0.05) is 29.5 Å². The lowest BCUT2D eigenvalue weighted by Gasteiger charge is -2.33.